The summed E-state index contributed by atoms with van der Waals surface area (Å²) in [5, 5.41) is 0. The van der Waals surface area contributed by atoms with E-state index in [9.17, 15) is 19.2 Å². The predicted molar refractivity (Wildman–Crippen MR) is 106 cm³/mol. The van der Waals surface area contributed by atoms with Crippen LogP contribution in [0.25, 0.3) is 0 Å². The van der Waals surface area contributed by atoms with Crippen molar-refractivity contribution < 1.29 is 38.1 Å². The molecule has 0 saturated carbocycles. The quantitative estimate of drug-likeness (QED) is 0.333. The molecule has 0 amide bonds. The summed E-state index contributed by atoms with van der Waals surface area (Å²) >= 11 is 0. The van der Waals surface area contributed by atoms with Crippen LogP contribution in [0.4, 0.5) is 0 Å². The summed E-state index contributed by atoms with van der Waals surface area (Å²) in [6, 6.07) is 0. The molecule has 0 bridgehead atoms. The predicted octanol–water partition coefficient (Wildman–Crippen LogP) is 2.59. The number of carbonyl (C=O) groups is 4. The molecule has 0 aromatic carbocycles. The highest BCUT2D eigenvalue weighted by atomic mass is 16.5. The molecule has 0 N–H and O–H groups in total. The third-order valence-corrected chi connectivity index (χ3v) is 5.87. The molecule has 4 atom stereocenters. The minimum absolute atomic E-state index is 0.0615. The van der Waals surface area contributed by atoms with Crippen LogP contribution >= 0.6 is 0 Å². The Morgan fingerprint density at radius 2 is 0.733 bits per heavy atom. The zero-order valence-electron chi connectivity index (χ0n) is 18.2. The zero-order valence-corrected chi connectivity index (χ0v) is 18.2. The molecule has 30 heavy (non-hydrogen) atoms. The van der Waals surface area contributed by atoms with Gasteiger partial charge in [-0.2, -0.15) is 0 Å². The second-order valence-electron chi connectivity index (χ2n) is 8.27. The highest BCUT2D eigenvalue weighted by Gasteiger charge is 2.38. The first-order valence-electron chi connectivity index (χ1n) is 10.4. The van der Waals surface area contributed by atoms with Gasteiger partial charge in [0, 0.05) is 51.4 Å². The molecule has 0 saturated heterocycles. The number of hydrogen-bond donors (Lipinski definition) is 0. The average Bonchev–Trinajstić information content (AvgIpc) is 2.66. The number of allylic oxidation sites excluding steroid dienone is 2. The molecule has 2 aliphatic carbocycles. The summed E-state index contributed by atoms with van der Waals surface area (Å²) < 4.78 is 21.0. The Morgan fingerprint density at radius 3 is 0.900 bits per heavy atom. The van der Waals surface area contributed by atoms with Gasteiger partial charge >= 0.3 is 23.9 Å². The Balaban J connectivity index is 2.16. The van der Waals surface area contributed by atoms with Crippen LogP contribution < -0.4 is 0 Å². The highest BCUT2D eigenvalue weighted by Crippen LogP contribution is 2.45. The minimum Gasteiger partial charge on any atom is -0.466 e. The molecule has 2 aliphatic rings. The lowest BCUT2D eigenvalue weighted by molar-refractivity contribution is -0.148. The number of esters is 4. The van der Waals surface area contributed by atoms with Crippen molar-refractivity contribution in [3.8, 4) is 0 Å². The topological polar surface area (TPSA) is 105 Å². The molecule has 0 fully saturated rings. The third-order valence-electron chi connectivity index (χ3n) is 5.87. The molecular formula is C22H32O8. The van der Waals surface area contributed by atoms with Gasteiger partial charge in [-0.3, -0.25) is 19.2 Å². The molecule has 0 heterocycles. The number of rotatable bonds is 8. The molecule has 0 aromatic rings. The first kappa shape index (κ1) is 23.9. The second kappa shape index (κ2) is 11.1. The van der Waals surface area contributed by atoms with E-state index in [0.29, 0.717) is 0 Å². The van der Waals surface area contributed by atoms with E-state index in [4.69, 9.17) is 18.9 Å². The Hall–Kier alpha value is -2.38. The van der Waals surface area contributed by atoms with Gasteiger partial charge in [-0.25, -0.2) is 0 Å². The lowest BCUT2D eigenvalue weighted by Gasteiger charge is -2.41. The maximum Gasteiger partial charge on any atom is 0.302 e. The van der Waals surface area contributed by atoms with Crippen LogP contribution in [0.5, 0.6) is 0 Å². The SMILES string of the molecule is CC(=O)OCC1CC2=C(CC1COC(C)=O)CC(COC(C)=O)C(COC(C)=O)C2. The average molecular weight is 424 g/mol. The molecule has 0 spiro atoms. The Labute approximate surface area is 177 Å². The van der Waals surface area contributed by atoms with Gasteiger partial charge in [-0.1, -0.05) is 11.1 Å². The molecule has 0 aliphatic heterocycles. The molecule has 0 aromatic heterocycles. The summed E-state index contributed by atoms with van der Waals surface area (Å²) in [4.78, 5) is 45.2. The van der Waals surface area contributed by atoms with E-state index in [2.05, 4.69) is 0 Å². The van der Waals surface area contributed by atoms with Gasteiger partial charge in [-0.05, 0) is 25.7 Å². The minimum atomic E-state index is -0.334. The van der Waals surface area contributed by atoms with Crippen LogP contribution in [-0.4, -0.2) is 50.3 Å². The van der Waals surface area contributed by atoms with Crippen molar-refractivity contribution in [2.75, 3.05) is 26.4 Å². The Morgan fingerprint density at radius 1 is 0.533 bits per heavy atom. The van der Waals surface area contributed by atoms with Crippen molar-refractivity contribution in [1.29, 1.82) is 0 Å². The van der Waals surface area contributed by atoms with Crippen molar-refractivity contribution in [3.05, 3.63) is 11.1 Å². The maximum atomic E-state index is 11.3. The van der Waals surface area contributed by atoms with Crippen LogP contribution in [0.1, 0.15) is 53.4 Å². The van der Waals surface area contributed by atoms with Crippen LogP contribution in [-0.2, 0) is 38.1 Å². The number of ether oxygens (including phenoxy) is 4. The summed E-state index contributed by atoms with van der Waals surface area (Å²) in [5.41, 5.74) is 2.56. The summed E-state index contributed by atoms with van der Waals surface area (Å²) in [7, 11) is 0. The van der Waals surface area contributed by atoms with Gasteiger partial charge in [-0.15, -0.1) is 0 Å². The number of hydrogen-bond acceptors (Lipinski definition) is 8. The van der Waals surface area contributed by atoms with E-state index in [-0.39, 0.29) is 74.0 Å². The van der Waals surface area contributed by atoms with Gasteiger partial charge < -0.3 is 18.9 Å². The summed E-state index contributed by atoms with van der Waals surface area (Å²) in [6.45, 7) is 6.64. The van der Waals surface area contributed by atoms with Gasteiger partial charge in [0.1, 0.15) is 0 Å². The van der Waals surface area contributed by atoms with Gasteiger partial charge in [0.15, 0.2) is 0 Å². The molecule has 8 heteroatoms. The smallest absolute Gasteiger partial charge is 0.302 e. The zero-order chi connectivity index (χ0) is 22.3. The fraction of sp³-hybridized carbons (Fsp3) is 0.727. The van der Waals surface area contributed by atoms with E-state index >= 15 is 0 Å². The van der Waals surface area contributed by atoms with Crippen molar-refractivity contribution in [2.45, 2.75) is 53.4 Å². The Bertz CT molecular complexity index is 581. The fourth-order valence-electron chi connectivity index (χ4n) is 4.35. The van der Waals surface area contributed by atoms with Crippen molar-refractivity contribution in [1.82, 2.24) is 0 Å². The summed E-state index contributed by atoms with van der Waals surface area (Å²) in [6.07, 6.45) is 2.97. The number of carbonyl (C=O) groups excluding carboxylic acids is 4. The fourth-order valence-corrected chi connectivity index (χ4v) is 4.35. The third kappa shape index (κ3) is 7.46. The van der Waals surface area contributed by atoms with Crippen LogP contribution in [0.2, 0.25) is 0 Å². The second-order valence-corrected chi connectivity index (χ2v) is 8.27. The summed E-state index contributed by atoms with van der Waals surface area (Å²) in [5.74, 6) is -1.09. The maximum absolute atomic E-state index is 11.3. The lowest BCUT2D eigenvalue weighted by atomic mass is 9.67. The first-order chi connectivity index (χ1) is 14.2. The standard InChI is InChI=1S/C22H32O8/c1-13(23)27-9-19-5-17-7-21(11-29-15(3)25)22(12-30-16(4)26)8-18(17)6-20(19)10-28-14(2)24/h19-22H,5-12H2,1-4H3. The van der Waals surface area contributed by atoms with Crippen LogP contribution in [0.3, 0.4) is 0 Å². The van der Waals surface area contributed by atoms with E-state index in [0.717, 1.165) is 25.7 Å². The van der Waals surface area contributed by atoms with Crippen molar-refractivity contribution >= 4 is 23.9 Å². The van der Waals surface area contributed by atoms with E-state index in [1.165, 1.54) is 38.8 Å². The molecule has 2 rings (SSSR count). The monoisotopic (exact) mass is 424 g/mol. The van der Waals surface area contributed by atoms with Crippen LogP contribution in [0, 0.1) is 23.7 Å². The van der Waals surface area contributed by atoms with E-state index in [1.807, 2.05) is 0 Å². The Kier molecular flexibility index (Phi) is 8.87. The van der Waals surface area contributed by atoms with Crippen molar-refractivity contribution in [3.63, 3.8) is 0 Å². The molecule has 0 radical (unpaired) electrons. The van der Waals surface area contributed by atoms with Crippen LogP contribution in [0.15, 0.2) is 11.1 Å². The van der Waals surface area contributed by atoms with Gasteiger partial charge in [0.25, 0.3) is 0 Å². The van der Waals surface area contributed by atoms with Gasteiger partial charge in [0.05, 0.1) is 26.4 Å². The van der Waals surface area contributed by atoms with E-state index < -0.39 is 0 Å². The molecule has 8 nitrogen and oxygen atoms in total. The highest BCUT2D eigenvalue weighted by molar-refractivity contribution is 5.66. The largest absolute Gasteiger partial charge is 0.466 e. The van der Waals surface area contributed by atoms with Gasteiger partial charge in [0.2, 0.25) is 0 Å². The molecule has 168 valence electrons. The first-order valence-corrected chi connectivity index (χ1v) is 10.4. The normalized spacial score (nSPS) is 25.7. The molecular weight excluding hydrogens is 392 g/mol. The lowest BCUT2D eigenvalue weighted by Crippen LogP contribution is -2.36. The van der Waals surface area contributed by atoms with Crippen molar-refractivity contribution in [2.24, 2.45) is 23.7 Å². The molecule has 4 unspecified atom stereocenters. The van der Waals surface area contributed by atoms with E-state index in [1.54, 1.807) is 0 Å².